The zero-order chi connectivity index (χ0) is 27.3. The minimum Gasteiger partial charge on any atom is -0.352 e. The van der Waals surface area contributed by atoms with Crippen molar-refractivity contribution in [3.63, 3.8) is 0 Å². The summed E-state index contributed by atoms with van der Waals surface area (Å²) in [5.74, 6) is -0.293. The highest BCUT2D eigenvalue weighted by molar-refractivity contribution is 6.08. The SMILES string of the molecule is C=C(C)/C=C\C(=O)c1c(C2(C)C(C)(C)C2(OC)OC)ccc2c1C1C(c3ccccc3C1(C)C)C2(C)C. The Balaban J connectivity index is 1.86. The van der Waals surface area contributed by atoms with Crippen LogP contribution in [-0.2, 0) is 25.7 Å². The fourth-order valence-corrected chi connectivity index (χ4v) is 8.62. The van der Waals surface area contributed by atoms with Gasteiger partial charge in [0.1, 0.15) is 0 Å². The van der Waals surface area contributed by atoms with Gasteiger partial charge in [-0.1, -0.05) is 96.2 Å². The molecule has 3 nitrogen and oxygen atoms in total. The maximum atomic E-state index is 14.3. The van der Waals surface area contributed by atoms with E-state index in [2.05, 4.69) is 91.4 Å². The zero-order valence-corrected chi connectivity index (χ0v) is 24.2. The van der Waals surface area contributed by atoms with E-state index in [1.165, 1.54) is 22.3 Å². The molecular weight excluding hydrogens is 456 g/mol. The number of ketones is 1. The predicted octanol–water partition coefficient (Wildman–Crippen LogP) is 7.74. The van der Waals surface area contributed by atoms with Crippen molar-refractivity contribution >= 4 is 5.78 Å². The van der Waals surface area contributed by atoms with Gasteiger partial charge in [-0.05, 0) is 58.6 Å². The van der Waals surface area contributed by atoms with Gasteiger partial charge in [-0.25, -0.2) is 0 Å². The van der Waals surface area contributed by atoms with Gasteiger partial charge >= 0.3 is 0 Å². The molecule has 2 aromatic rings. The first-order chi connectivity index (χ1) is 17.2. The Labute approximate surface area is 223 Å². The Morgan fingerprint density at radius 2 is 1.38 bits per heavy atom. The van der Waals surface area contributed by atoms with Crippen molar-refractivity contribution in [2.24, 2.45) is 5.41 Å². The Bertz CT molecular complexity index is 1350. The molecule has 3 atom stereocenters. The van der Waals surface area contributed by atoms with Crippen molar-refractivity contribution in [3.05, 3.63) is 94.1 Å². The molecule has 0 aromatic heterocycles. The normalized spacial score (nSPS) is 29.0. The van der Waals surface area contributed by atoms with Gasteiger partial charge in [-0.15, -0.1) is 0 Å². The van der Waals surface area contributed by atoms with Crippen LogP contribution in [0.4, 0.5) is 0 Å². The maximum absolute atomic E-state index is 14.3. The molecule has 2 aromatic carbocycles. The van der Waals surface area contributed by atoms with E-state index in [1.54, 1.807) is 20.3 Å². The van der Waals surface area contributed by atoms with Crippen LogP contribution in [0.25, 0.3) is 0 Å². The number of hydrogen-bond donors (Lipinski definition) is 0. The summed E-state index contributed by atoms with van der Waals surface area (Å²) in [6, 6.07) is 13.4. The monoisotopic (exact) mass is 498 g/mol. The van der Waals surface area contributed by atoms with Gasteiger partial charge in [0.2, 0.25) is 0 Å². The van der Waals surface area contributed by atoms with Crippen LogP contribution in [0.5, 0.6) is 0 Å². The molecule has 0 amide bonds. The largest absolute Gasteiger partial charge is 0.352 e. The lowest BCUT2D eigenvalue weighted by Crippen LogP contribution is -2.29. The third kappa shape index (κ3) is 2.88. The summed E-state index contributed by atoms with van der Waals surface area (Å²) in [7, 11) is 3.42. The van der Waals surface area contributed by atoms with Crippen LogP contribution < -0.4 is 0 Å². The fourth-order valence-electron chi connectivity index (χ4n) is 8.62. The second-order valence-electron chi connectivity index (χ2n) is 13.3. The molecule has 0 bridgehead atoms. The van der Waals surface area contributed by atoms with E-state index in [0.29, 0.717) is 5.92 Å². The summed E-state index contributed by atoms with van der Waals surface area (Å²) < 4.78 is 12.2. The molecule has 1 saturated carbocycles. The van der Waals surface area contributed by atoms with Crippen LogP contribution >= 0.6 is 0 Å². The molecular formula is C34H42O3. The van der Waals surface area contributed by atoms with E-state index in [0.717, 1.165) is 16.7 Å². The van der Waals surface area contributed by atoms with Gasteiger partial charge in [0.25, 0.3) is 0 Å². The number of benzene rings is 2. The summed E-state index contributed by atoms with van der Waals surface area (Å²) in [5, 5.41) is 0. The van der Waals surface area contributed by atoms with Crippen LogP contribution in [0.15, 0.2) is 60.7 Å². The second kappa shape index (κ2) is 7.77. The summed E-state index contributed by atoms with van der Waals surface area (Å²) in [4.78, 5) is 14.3. The number of fused-ring (bicyclic) bond motifs is 5. The van der Waals surface area contributed by atoms with Crippen molar-refractivity contribution in [1.82, 2.24) is 0 Å². The van der Waals surface area contributed by atoms with E-state index in [4.69, 9.17) is 9.47 Å². The molecule has 3 aliphatic rings. The lowest BCUT2D eigenvalue weighted by Gasteiger charge is -2.32. The molecule has 0 saturated heterocycles. The van der Waals surface area contributed by atoms with Crippen molar-refractivity contribution < 1.29 is 14.3 Å². The average Bonchev–Trinajstić information content (AvgIpc) is 3.02. The summed E-state index contributed by atoms with van der Waals surface area (Å²) in [5.41, 5.74) is 6.93. The van der Waals surface area contributed by atoms with Crippen molar-refractivity contribution in [2.45, 2.75) is 89.3 Å². The fraction of sp³-hybridized carbons (Fsp3) is 0.500. The summed E-state index contributed by atoms with van der Waals surface area (Å²) >= 11 is 0. The molecule has 0 spiro atoms. The van der Waals surface area contributed by atoms with E-state index in [-0.39, 0.29) is 27.9 Å². The van der Waals surface area contributed by atoms with E-state index in [1.807, 2.05) is 13.0 Å². The van der Waals surface area contributed by atoms with Gasteiger partial charge in [0, 0.05) is 37.0 Å². The molecule has 1 fully saturated rings. The summed E-state index contributed by atoms with van der Waals surface area (Å²) in [6.45, 7) is 21.9. The molecule has 196 valence electrons. The molecule has 0 aliphatic heterocycles. The first kappa shape index (κ1) is 26.1. The second-order valence-corrected chi connectivity index (χ2v) is 13.3. The number of rotatable bonds is 6. The first-order valence-corrected chi connectivity index (χ1v) is 13.4. The highest BCUT2D eigenvalue weighted by atomic mass is 16.7. The average molecular weight is 499 g/mol. The van der Waals surface area contributed by atoms with Gasteiger partial charge in [0.05, 0.1) is 5.41 Å². The molecule has 3 unspecified atom stereocenters. The Kier molecular flexibility index (Phi) is 5.49. The Morgan fingerprint density at radius 3 is 1.95 bits per heavy atom. The number of carbonyl (C=O) groups excluding carboxylic acids is 1. The molecule has 3 aliphatic carbocycles. The number of hydrogen-bond acceptors (Lipinski definition) is 3. The smallest absolute Gasteiger partial charge is 0.186 e. The van der Waals surface area contributed by atoms with Gasteiger partial charge in [0.15, 0.2) is 11.6 Å². The first-order valence-electron chi connectivity index (χ1n) is 13.4. The summed E-state index contributed by atoms with van der Waals surface area (Å²) in [6.07, 6.45) is 3.54. The molecule has 5 rings (SSSR count). The molecule has 3 heteroatoms. The van der Waals surface area contributed by atoms with Crippen LogP contribution in [0.1, 0.15) is 105 Å². The highest BCUT2D eigenvalue weighted by Crippen LogP contribution is 2.75. The van der Waals surface area contributed by atoms with Crippen molar-refractivity contribution in [2.75, 3.05) is 14.2 Å². The minimum atomic E-state index is -0.816. The van der Waals surface area contributed by atoms with E-state index < -0.39 is 11.2 Å². The number of ether oxygens (including phenoxy) is 2. The highest BCUT2D eigenvalue weighted by Gasteiger charge is 2.83. The van der Waals surface area contributed by atoms with Crippen molar-refractivity contribution in [3.8, 4) is 0 Å². The topological polar surface area (TPSA) is 35.5 Å². The van der Waals surface area contributed by atoms with E-state index >= 15 is 0 Å². The maximum Gasteiger partial charge on any atom is 0.186 e. The van der Waals surface area contributed by atoms with Crippen LogP contribution in [0.2, 0.25) is 0 Å². The number of methoxy groups -OCH3 is 2. The molecule has 0 heterocycles. The van der Waals surface area contributed by atoms with Gasteiger partial charge < -0.3 is 9.47 Å². The van der Waals surface area contributed by atoms with Crippen LogP contribution in [0.3, 0.4) is 0 Å². The van der Waals surface area contributed by atoms with Gasteiger partial charge in [-0.3, -0.25) is 4.79 Å². The van der Waals surface area contributed by atoms with E-state index in [9.17, 15) is 4.79 Å². The quantitative estimate of drug-likeness (QED) is 0.177. The lowest BCUT2D eigenvalue weighted by atomic mass is 9.70. The zero-order valence-electron chi connectivity index (χ0n) is 24.2. The van der Waals surface area contributed by atoms with Crippen LogP contribution in [-0.4, -0.2) is 25.8 Å². The molecule has 0 N–H and O–H groups in total. The van der Waals surface area contributed by atoms with Crippen molar-refractivity contribution in [1.29, 1.82) is 0 Å². The third-order valence-corrected chi connectivity index (χ3v) is 10.7. The Morgan fingerprint density at radius 1 is 0.811 bits per heavy atom. The number of carbonyl (C=O) groups is 1. The van der Waals surface area contributed by atoms with Gasteiger partial charge in [-0.2, -0.15) is 0 Å². The lowest BCUT2D eigenvalue weighted by molar-refractivity contribution is -0.161. The molecule has 37 heavy (non-hydrogen) atoms. The number of allylic oxidation sites excluding steroid dienone is 3. The molecule has 0 radical (unpaired) electrons. The minimum absolute atomic E-state index is 0.0306. The third-order valence-electron chi connectivity index (χ3n) is 10.7. The van der Waals surface area contributed by atoms with Crippen LogP contribution in [0, 0.1) is 5.41 Å². The standard InChI is InChI=1S/C34H42O3/c1-20(2)16-19-25(35)26-24(33(9)32(7,8)34(33,36-10)37-11)18-17-23-27(26)29-28(31(23,5)6)21-14-12-13-15-22(21)30(29,3)4/h12-19,28-29H,1H2,2-11H3/b19-16-. The Hall–Kier alpha value is -2.49. The predicted molar refractivity (Wildman–Crippen MR) is 151 cm³/mol.